The normalized spacial score (nSPS) is 21.6. The van der Waals surface area contributed by atoms with Crippen molar-refractivity contribution in [3.05, 3.63) is 46.2 Å². The van der Waals surface area contributed by atoms with E-state index in [1.165, 1.54) is 0 Å². The summed E-state index contributed by atoms with van der Waals surface area (Å²) in [4.78, 5) is 17.5. The van der Waals surface area contributed by atoms with E-state index in [1.807, 2.05) is 41.8 Å². The number of halogens is 1. The fourth-order valence-corrected chi connectivity index (χ4v) is 5.22. The molecule has 198 valence electrons. The Morgan fingerprint density at radius 2 is 1.97 bits per heavy atom. The summed E-state index contributed by atoms with van der Waals surface area (Å²) in [5, 5.41) is 15.1. The van der Waals surface area contributed by atoms with Crippen LogP contribution in [0.1, 0.15) is 49.3 Å². The zero-order valence-corrected chi connectivity index (χ0v) is 22.5. The number of nitrogens with zero attached hydrogens (tertiary/aromatic N) is 4. The molecule has 2 aliphatic heterocycles. The largest absolute Gasteiger partial charge is 0.490 e. The van der Waals surface area contributed by atoms with Crippen LogP contribution in [-0.4, -0.2) is 81.7 Å². The number of carbonyl (C=O) groups excluding carboxylic acids is 1. The fraction of sp³-hybridized carbons (Fsp3) is 0.630. The molecule has 36 heavy (non-hydrogen) atoms. The van der Waals surface area contributed by atoms with Gasteiger partial charge in [0.25, 0.3) is 0 Å². The minimum Gasteiger partial charge on any atom is -0.490 e. The predicted octanol–water partition coefficient (Wildman–Crippen LogP) is 3.59. The molecule has 2 fully saturated rings. The molecule has 2 saturated heterocycles. The monoisotopic (exact) mass is 518 g/mol. The second-order valence-corrected chi connectivity index (χ2v) is 10.7. The van der Waals surface area contributed by atoms with Gasteiger partial charge in [-0.25, -0.2) is 0 Å². The second-order valence-electron chi connectivity index (χ2n) is 10.3. The van der Waals surface area contributed by atoms with E-state index >= 15 is 0 Å². The van der Waals surface area contributed by atoms with Crippen LogP contribution in [0.5, 0.6) is 5.75 Å². The topological polar surface area (TPSA) is 80.1 Å². The van der Waals surface area contributed by atoms with Gasteiger partial charge in [0, 0.05) is 56.1 Å². The first kappa shape index (κ1) is 26.9. The maximum atomic E-state index is 13.3. The number of aryl methyl sites for hydroxylation is 3. The SMILES string of the molecule is CCCn1cc(CN2CCOC(COc3cc(C)c(Cl)c(C)c3)(CC(=O)N3CCC(O)CC3)C2)cn1. The molecule has 0 bridgehead atoms. The highest BCUT2D eigenvalue weighted by atomic mass is 35.5. The van der Waals surface area contributed by atoms with Gasteiger partial charge in [0.1, 0.15) is 18.0 Å². The maximum Gasteiger partial charge on any atom is 0.225 e. The van der Waals surface area contributed by atoms with Gasteiger partial charge in [-0.2, -0.15) is 5.10 Å². The number of ether oxygens (including phenoxy) is 2. The smallest absolute Gasteiger partial charge is 0.225 e. The quantitative estimate of drug-likeness (QED) is 0.546. The summed E-state index contributed by atoms with van der Waals surface area (Å²) in [6.45, 7) is 11.0. The predicted molar refractivity (Wildman–Crippen MR) is 139 cm³/mol. The Morgan fingerprint density at radius 1 is 1.25 bits per heavy atom. The van der Waals surface area contributed by atoms with E-state index in [9.17, 15) is 9.90 Å². The molecule has 8 nitrogen and oxygen atoms in total. The van der Waals surface area contributed by atoms with Gasteiger partial charge in [-0.05, 0) is 56.4 Å². The number of rotatable bonds is 9. The van der Waals surface area contributed by atoms with E-state index in [-0.39, 0.29) is 25.0 Å². The lowest BCUT2D eigenvalue weighted by molar-refractivity contribution is -0.158. The fourth-order valence-electron chi connectivity index (χ4n) is 5.11. The van der Waals surface area contributed by atoms with Crippen LogP contribution in [-0.2, 0) is 22.6 Å². The molecule has 1 aromatic heterocycles. The first-order chi connectivity index (χ1) is 17.3. The number of aromatic nitrogens is 2. The lowest BCUT2D eigenvalue weighted by Crippen LogP contribution is -2.57. The Labute approximate surface area is 219 Å². The van der Waals surface area contributed by atoms with E-state index in [2.05, 4.69) is 23.1 Å². The Hall–Kier alpha value is -2.13. The molecule has 0 aliphatic carbocycles. The summed E-state index contributed by atoms with van der Waals surface area (Å²) in [5.41, 5.74) is 2.30. The van der Waals surface area contributed by atoms with E-state index in [0.717, 1.165) is 53.5 Å². The number of hydrogen-bond acceptors (Lipinski definition) is 6. The average molecular weight is 519 g/mol. The number of carbonyl (C=O) groups is 1. The molecular formula is C27H39ClN4O4. The third kappa shape index (κ3) is 6.79. The summed E-state index contributed by atoms with van der Waals surface area (Å²) in [6.07, 6.45) is 6.21. The Morgan fingerprint density at radius 3 is 2.67 bits per heavy atom. The van der Waals surface area contributed by atoms with Crippen LogP contribution in [0.4, 0.5) is 0 Å². The Balaban J connectivity index is 1.49. The minimum atomic E-state index is -0.772. The molecule has 1 N–H and O–H groups in total. The summed E-state index contributed by atoms with van der Waals surface area (Å²) in [7, 11) is 0. The molecule has 9 heteroatoms. The number of hydrogen-bond donors (Lipinski definition) is 1. The highest BCUT2D eigenvalue weighted by molar-refractivity contribution is 6.32. The highest BCUT2D eigenvalue weighted by Crippen LogP contribution is 2.30. The van der Waals surface area contributed by atoms with Crippen molar-refractivity contribution in [3.8, 4) is 5.75 Å². The number of piperidine rings is 1. The number of aliphatic hydroxyl groups excluding tert-OH is 1. The molecule has 1 atom stereocenters. The molecule has 2 aromatic rings. The van der Waals surface area contributed by atoms with Gasteiger partial charge in [-0.1, -0.05) is 18.5 Å². The van der Waals surface area contributed by atoms with Gasteiger partial charge < -0.3 is 19.5 Å². The number of aliphatic hydroxyl groups is 1. The van der Waals surface area contributed by atoms with Crippen molar-refractivity contribution in [2.45, 2.75) is 71.2 Å². The second kappa shape index (κ2) is 11.9. The van der Waals surface area contributed by atoms with Gasteiger partial charge in [-0.3, -0.25) is 14.4 Å². The van der Waals surface area contributed by atoms with E-state index in [0.29, 0.717) is 39.1 Å². The lowest BCUT2D eigenvalue weighted by atomic mass is 9.95. The summed E-state index contributed by atoms with van der Waals surface area (Å²) in [6, 6.07) is 3.86. The van der Waals surface area contributed by atoms with Crippen LogP contribution >= 0.6 is 11.6 Å². The van der Waals surface area contributed by atoms with Crippen LogP contribution in [0.15, 0.2) is 24.5 Å². The summed E-state index contributed by atoms with van der Waals surface area (Å²) >= 11 is 6.35. The molecule has 0 saturated carbocycles. The lowest BCUT2D eigenvalue weighted by Gasteiger charge is -2.43. The number of benzene rings is 1. The van der Waals surface area contributed by atoms with Crippen molar-refractivity contribution in [2.75, 3.05) is 39.4 Å². The summed E-state index contributed by atoms with van der Waals surface area (Å²) in [5.74, 6) is 0.774. The third-order valence-corrected chi connectivity index (χ3v) is 7.67. The molecule has 2 aliphatic rings. The van der Waals surface area contributed by atoms with Crippen molar-refractivity contribution in [3.63, 3.8) is 0 Å². The highest BCUT2D eigenvalue weighted by Gasteiger charge is 2.41. The zero-order chi connectivity index (χ0) is 25.7. The number of morpholine rings is 1. The molecule has 1 amide bonds. The van der Waals surface area contributed by atoms with Crippen molar-refractivity contribution in [1.82, 2.24) is 19.6 Å². The Bertz CT molecular complexity index is 1010. The van der Waals surface area contributed by atoms with Crippen molar-refractivity contribution in [2.24, 2.45) is 0 Å². The minimum absolute atomic E-state index is 0.0478. The standard InChI is InChI=1S/C27H39ClN4O4/c1-4-7-32-17-22(15-29-32)16-30-10-11-36-27(18-30,14-25(34)31-8-5-23(33)6-9-31)19-35-24-12-20(2)26(28)21(3)13-24/h12-13,15,17,23,33H,4-11,14,16,18-19H2,1-3H3. The number of likely N-dealkylation sites (tertiary alicyclic amines) is 1. The molecule has 0 spiro atoms. The first-order valence-corrected chi connectivity index (χ1v) is 13.4. The third-order valence-electron chi connectivity index (χ3n) is 7.08. The van der Waals surface area contributed by atoms with Crippen molar-refractivity contribution < 1.29 is 19.4 Å². The van der Waals surface area contributed by atoms with Crippen LogP contribution < -0.4 is 4.74 Å². The molecule has 3 heterocycles. The van der Waals surface area contributed by atoms with E-state index < -0.39 is 5.60 Å². The Kier molecular flexibility index (Phi) is 8.93. The first-order valence-electron chi connectivity index (χ1n) is 13.0. The van der Waals surface area contributed by atoms with Gasteiger partial charge in [0.15, 0.2) is 0 Å². The van der Waals surface area contributed by atoms with Gasteiger partial charge in [-0.15, -0.1) is 0 Å². The van der Waals surface area contributed by atoms with E-state index in [1.54, 1.807) is 0 Å². The van der Waals surface area contributed by atoms with Gasteiger partial charge in [0.2, 0.25) is 5.91 Å². The van der Waals surface area contributed by atoms with E-state index in [4.69, 9.17) is 21.1 Å². The van der Waals surface area contributed by atoms with Crippen molar-refractivity contribution in [1.29, 1.82) is 0 Å². The molecule has 0 radical (unpaired) electrons. The van der Waals surface area contributed by atoms with Gasteiger partial charge in [0.05, 0.1) is 25.3 Å². The van der Waals surface area contributed by atoms with Crippen LogP contribution in [0.25, 0.3) is 0 Å². The number of amides is 1. The van der Waals surface area contributed by atoms with Crippen LogP contribution in [0, 0.1) is 13.8 Å². The zero-order valence-electron chi connectivity index (χ0n) is 21.7. The van der Waals surface area contributed by atoms with Crippen LogP contribution in [0.2, 0.25) is 5.02 Å². The van der Waals surface area contributed by atoms with Crippen LogP contribution in [0.3, 0.4) is 0 Å². The molecule has 1 unspecified atom stereocenters. The molecule has 4 rings (SSSR count). The average Bonchev–Trinajstić information content (AvgIpc) is 3.28. The van der Waals surface area contributed by atoms with Crippen molar-refractivity contribution >= 4 is 17.5 Å². The summed E-state index contributed by atoms with van der Waals surface area (Å²) < 4.78 is 14.6. The van der Waals surface area contributed by atoms with Gasteiger partial charge >= 0.3 is 0 Å². The molecule has 1 aromatic carbocycles. The maximum absolute atomic E-state index is 13.3. The molecular weight excluding hydrogens is 480 g/mol.